The Balaban J connectivity index is 1.79. The van der Waals surface area contributed by atoms with Crippen LogP contribution in [0.5, 0.6) is 0 Å². The number of fused-ring (bicyclic) bond motifs is 1. The molecule has 3 heterocycles. The number of aromatic nitrogens is 2. The number of anilines is 1. The zero-order chi connectivity index (χ0) is 11.7. The highest BCUT2D eigenvalue weighted by molar-refractivity contribution is 5.34. The lowest BCUT2D eigenvalue weighted by Gasteiger charge is -2.31. The molecule has 1 fully saturated rings. The Hall–Kier alpha value is -1.16. The van der Waals surface area contributed by atoms with Gasteiger partial charge in [-0.3, -0.25) is 0 Å². The van der Waals surface area contributed by atoms with Crippen molar-refractivity contribution < 1.29 is 0 Å². The van der Waals surface area contributed by atoms with Gasteiger partial charge in [-0.1, -0.05) is 6.92 Å². The van der Waals surface area contributed by atoms with Crippen molar-refractivity contribution in [1.82, 2.24) is 15.3 Å². The van der Waals surface area contributed by atoms with Crippen LogP contribution in [-0.4, -0.2) is 29.6 Å². The third kappa shape index (κ3) is 2.27. The van der Waals surface area contributed by atoms with Crippen molar-refractivity contribution >= 4 is 5.95 Å². The van der Waals surface area contributed by atoms with Crippen molar-refractivity contribution in [3.05, 3.63) is 17.5 Å². The molecule has 17 heavy (non-hydrogen) atoms. The van der Waals surface area contributed by atoms with Gasteiger partial charge in [-0.15, -0.1) is 0 Å². The number of piperidine rings is 1. The molecule has 0 aromatic carbocycles. The topological polar surface area (TPSA) is 41.1 Å². The highest BCUT2D eigenvalue weighted by atomic mass is 15.3. The second-order valence-electron chi connectivity index (χ2n) is 5.24. The summed E-state index contributed by atoms with van der Waals surface area (Å²) < 4.78 is 0. The summed E-state index contributed by atoms with van der Waals surface area (Å²) >= 11 is 0. The Morgan fingerprint density at radius 3 is 3.00 bits per heavy atom. The maximum Gasteiger partial charge on any atom is 0.225 e. The first-order valence-corrected chi connectivity index (χ1v) is 6.63. The number of hydrogen-bond acceptors (Lipinski definition) is 4. The maximum absolute atomic E-state index is 4.71. The summed E-state index contributed by atoms with van der Waals surface area (Å²) in [4.78, 5) is 11.6. The number of rotatable bonds is 1. The molecule has 0 saturated carbocycles. The Morgan fingerprint density at radius 2 is 2.18 bits per heavy atom. The average molecular weight is 232 g/mol. The zero-order valence-electron chi connectivity index (χ0n) is 10.4. The minimum Gasteiger partial charge on any atom is -0.341 e. The van der Waals surface area contributed by atoms with Crippen molar-refractivity contribution in [2.75, 3.05) is 24.5 Å². The first-order valence-electron chi connectivity index (χ1n) is 6.63. The lowest BCUT2D eigenvalue weighted by molar-refractivity contribution is 0.433. The molecule has 0 amide bonds. The Labute approximate surface area is 102 Å². The third-order valence-corrected chi connectivity index (χ3v) is 3.87. The second-order valence-corrected chi connectivity index (χ2v) is 5.24. The van der Waals surface area contributed by atoms with Crippen LogP contribution in [0, 0.1) is 5.92 Å². The van der Waals surface area contributed by atoms with Gasteiger partial charge in [0.15, 0.2) is 0 Å². The van der Waals surface area contributed by atoms with E-state index in [1.54, 1.807) is 0 Å². The standard InChI is InChI=1S/C13H20N4/c1-10-3-6-17(7-4-10)13-15-8-11-2-5-14-9-12(11)16-13/h8,10,14H,2-7,9H2,1H3. The first-order chi connectivity index (χ1) is 8.33. The monoisotopic (exact) mass is 232 g/mol. The summed E-state index contributed by atoms with van der Waals surface area (Å²) in [5, 5.41) is 3.37. The van der Waals surface area contributed by atoms with Crippen LogP contribution in [0.25, 0.3) is 0 Å². The predicted octanol–water partition coefficient (Wildman–Crippen LogP) is 1.36. The van der Waals surface area contributed by atoms with Crippen LogP contribution < -0.4 is 10.2 Å². The van der Waals surface area contributed by atoms with Crippen LogP contribution in [0.1, 0.15) is 31.0 Å². The predicted molar refractivity (Wildman–Crippen MR) is 68.1 cm³/mol. The molecule has 2 aliphatic rings. The number of nitrogens with zero attached hydrogens (tertiary/aromatic N) is 3. The highest BCUT2D eigenvalue weighted by Crippen LogP contribution is 2.21. The molecule has 1 N–H and O–H groups in total. The van der Waals surface area contributed by atoms with Crippen LogP contribution in [-0.2, 0) is 13.0 Å². The van der Waals surface area contributed by atoms with Gasteiger partial charge in [-0.25, -0.2) is 9.97 Å². The lowest BCUT2D eigenvalue weighted by Crippen LogP contribution is -2.35. The molecule has 3 rings (SSSR count). The largest absolute Gasteiger partial charge is 0.341 e. The van der Waals surface area contributed by atoms with Crippen LogP contribution in [0.15, 0.2) is 6.20 Å². The van der Waals surface area contributed by atoms with Crippen LogP contribution in [0.4, 0.5) is 5.95 Å². The van der Waals surface area contributed by atoms with E-state index in [4.69, 9.17) is 4.98 Å². The minimum absolute atomic E-state index is 0.852. The Kier molecular flexibility index (Phi) is 2.97. The molecule has 92 valence electrons. The van der Waals surface area contributed by atoms with E-state index < -0.39 is 0 Å². The van der Waals surface area contributed by atoms with Gasteiger partial charge in [0.2, 0.25) is 5.95 Å². The lowest BCUT2D eigenvalue weighted by atomic mass is 9.99. The molecule has 1 aromatic heterocycles. The van der Waals surface area contributed by atoms with Crippen molar-refractivity contribution in [3.63, 3.8) is 0 Å². The third-order valence-electron chi connectivity index (χ3n) is 3.87. The van der Waals surface area contributed by atoms with Gasteiger partial charge in [0.05, 0.1) is 5.69 Å². The molecule has 0 bridgehead atoms. The van der Waals surface area contributed by atoms with E-state index in [2.05, 4.69) is 22.1 Å². The smallest absolute Gasteiger partial charge is 0.225 e. The van der Waals surface area contributed by atoms with E-state index in [0.717, 1.165) is 44.5 Å². The van der Waals surface area contributed by atoms with Crippen LogP contribution in [0.3, 0.4) is 0 Å². The second kappa shape index (κ2) is 4.61. The zero-order valence-corrected chi connectivity index (χ0v) is 10.4. The van der Waals surface area contributed by atoms with E-state index in [9.17, 15) is 0 Å². The van der Waals surface area contributed by atoms with Crippen molar-refractivity contribution in [3.8, 4) is 0 Å². The average Bonchev–Trinajstić information content (AvgIpc) is 2.39. The van der Waals surface area contributed by atoms with Gasteiger partial charge in [-0.2, -0.15) is 0 Å². The molecule has 0 aliphatic carbocycles. The summed E-state index contributed by atoms with van der Waals surface area (Å²) in [6, 6.07) is 0. The van der Waals surface area contributed by atoms with Gasteiger partial charge in [-0.05, 0) is 37.3 Å². The molecule has 1 saturated heterocycles. The SMILES string of the molecule is CC1CCN(c2ncc3c(n2)CNCC3)CC1. The van der Waals surface area contributed by atoms with Gasteiger partial charge in [0.25, 0.3) is 0 Å². The van der Waals surface area contributed by atoms with Gasteiger partial charge in [0, 0.05) is 25.8 Å². The fraction of sp³-hybridized carbons (Fsp3) is 0.692. The summed E-state index contributed by atoms with van der Waals surface area (Å²) in [6.07, 6.45) is 5.61. The molecule has 4 nitrogen and oxygen atoms in total. The molecule has 0 atom stereocenters. The molecule has 0 spiro atoms. The van der Waals surface area contributed by atoms with Crippen molar-refractivity contribution in [2.45, 2.75) is 32.7 Å². The van der Waals surface area contributed by atoms with E-state index in [1.807, 2.05) is 6.20 Å². The van der Waals surface area contributed by atoms with Gasteiger partial charge < -0.3 is 10.2 Å². The van der Waals surface area contributed by atoms with E-state index in [-0.39, 0.29) is 0 Å². The van der Waals surface area contributed by atoms with Crippen LogP contribution >= 0.6 is 0 Å². The minimum atomic E-state index is 0.852. The van der Waals surface area contributed by atoms with Crippen molar-refractivity contribution in [2.24, 2.45) is 5.92 Å². The summed E-state index contributed by atoms with van der Waals surface area (Å²) in [7, 11) is 0. The molecule has 0 unspecified atom stereocenters. The molecule has 2 aliphatic heterocycles. The summed E-state index contributed by atoms with van der Waals surface area (Å²) in [5.74, 6) is 1.78. The fourth-order valence-corrected chi connectivity index (χ4v) is 2.58. The summed E-state index contributed by atoms with van der Waals surface area (Å²) in [6.45, 7) is 6.49. The number of hydrogen-bond donors (Lipinski definition) is 1. The maximum atomic E-state index is 4.71. The van der Waals surface area contributed by atoms with Crippen LogP contribution in [0.2, 0.25) is 0 Å². The van der Waals surface area contributed by atoms with E-state index >= 15 is 0 Å². The quantitative estimate of drug-likeness (QED) is 0.794. The first kappa shape index (κ1) is 11.0. The Morgan fingerprint density at radius 1 is 1.35 bits per heavy atom. The van der Waals surface area contributed by atoms with E-state index in [1.165, 1.54) is 24.1 Å². The Bertz CT molecular complexity index is 396. The van der Waals surface area contributed by atoms with Gasteiger partial charge in [0.1, 0.15) is 0 Å². The molecule has 4 heteroatoms. The molecular formula is C13H20N4. The fourth-order valence-electron chi connectivity index (χ4n) is 2.58. The summed E-state index contributed by atoms with van der Waals surface area (Å²) in [5.41, 5.74) is 2.51. The molecule has 0 radical (unpaired) electrons. The normalized spacial score (nSPS) is 21.4. The molecule has 1 aromatic rings. The van der Waals surface area contributed by atoms with Crippen molar-refractivity contribution in [1.29, 1.82) is 0 Å². The van der Waals surface area contributed by atoms with E-state index in [0.29, 0.717) is 0 Å². The number of nitrogens with one attached hydrogen (secondary N) is 1. The molecular weight excluding hydrogens is 212 g/mol. The van der Waals surface area contributed by atoms with Gasteiger partial charge >= 0.3 is 0 Å². The highest BCUT2D eigenvalue weighted by Gasteiger charge is 2.19.